The van der Waals surface area contributed by atoms with E-state index in [0.29, 0.717) is 5.92 Å². The lowest BCUT2D eigenvalue weighted by Crippen LogP contribution is -1.83. The van der Waals surface area contributed by atoms with Gasteiger partial charge in [0.05, 0.1) is 0 Å². The molecule has 0 aliphatic carbocycles. The predicted octanol–water partition coefficient (Wildman–Crippen LogP) is 2.98. The predicted molar refractivity (Wildman–Crippen MR) is 51.7 cm³/mol. The van der Waals surface area contributed by atoms with Crippen molar-refractivity contribution < 1.29 is 16.2 Å². The van der Waals surface area contributed by atoms with Gasteiger partial charge in [-0.25, -0.2) is 0 Å². The zero-order chi connectivity index (χ0) is 11.2. The van der Waals surface area contributed by atoms with Crippen LogP contribution in [0.25, 0.3) is 0 Å². The first kappa shape index (κ1) is 13.0. The third-order valence-corrected chi connectivity index (χ3v) is 1.47. The quantitative estimate of drug-likeness (QED) is 0.684. The highest BCUT2D eigenvalue weighted by molar-refractivity contribution is 7.81. The maximum atomic E-state index is 9.99. The summed E-state index contributed by atoms with van der Waals surface area (Å²) >= 11 is 0. The summed E-state index contributed by atoms with van der Waals surface area (Å²) in [5, 5.41) is 0. The van der Waals surface area contributed by atoms with E-state index in [1.807, 2.05) is 6.07 Å². The Kier molecular flexibility index (Phi) is 5.30. The molecule has 5 heteroatoms. The van der Waals surface area contributed by atoms with Gasteiger partial charge < -0.3 is 0 Å². The first-order chi connectivity index (χ1) is 6.30. The van der Waals surface area contributed by atoms with Crippen LogP contribution in [0.5, 0.6) is 0 Å². The Bertz CT molecular complexity index is 338. The molecular weight excluding hydrogens is 210 g/mol. The van der Waals surface area contributed by atoms with Crippen LogP contribution in [0.15, 0.2) is 30.3 Å². The third-order valence-electron chi connectivity index (χ3n) is 1.47. The van der Waals surface area contributed by atoms with Crippen LogP contribution in [0.2, 0.25) is 0 Å². The molecule has 0 atom stereocenters. The van der Waals surface area contributed by atoms with Crippen molar-refractivity contribution in [2.45, 2.75) is 19.8 Å². The molecule has 1 aromatic rings. The molecule has 0 bridgehead atoms. The third kappa shape index (κ3) is 9.12. The Balaban J connectivity index is 0.000000292. The van der Waals surface area contributed by atoms with Crippen LogP contribution in [0.3, 0.4) is 0 Å². The fraction of sp³-hybridized carbons (Fsp3) is 0.333. The second-order valence-electron chi connectivity index (χ2n) is 2.94. The second-order valence-corrected chi connectivity index (χ2v) is 3.70. The molecule has 2 nitrogen and oxygen atoms in total. The fourth-order valence-electron chi connectivity index (χ4n) is 0.838. The van der Waals surface area contributed by atoms with Gasteiger partial charge in [-0.2, -0.15) is 8.42 Å². The van der Waals surface area contributed by atoms with E-state index in [2.05, 4.69) is 38.1 Å². The van der Waals surface area contributed by atoms with Crippen LogP contribution in [0.1, 0.15) is 25.3 Å². The molecule has 0 fully saturated rings. The fourth-order valence-corrected chi connectivity index (χ4v) is 0.838. The highest BCUT2D eigenvalue weighted by Gasteiger charge is 1.94. The molecule has 0 N–H and O–H groups in total. The van der Waals surface area contributed by atoms with Crippen LogP contribution in [0, 0.1) is 0 Å². The molecule has 0 aliphatic heterocycles. The average molecular weight is 222 g/mol. The van der Waals surface area contributed by atoms with Crippen LogP contribution in [-0.2, 0) is 10.6 Å². The molecule has 0 unspecified atom stereocenters. The SMILES string of the molecule is CC(C)c1ccccc1.O=S(=O)(F)F. The van der Waals surface area contributed by atoms with E-state index in [-0.39, 0.29) is 0 Å². The highest BCUT2D eigenvalue weighted by Crippen LogP contribution is 2.11. The van der Waals surface area contributed by atoms with E-state index in [4.69, 9.17) is 8.42 Å². The van der Waals surface area contributed by atoms with Crippen molar-refractivity contribution in [3.63, 3.8) is 0 Å². The molecule has 0 saturated heterocycles. The van der Waals surface area contributed by atoms with Crippen molar-refractivity contribution in [2.75, 3.05) is 0 Å². The molecule has 1 rings (SSSR count). The van der Waals surface area contributed by atoms with E-state index in [1.54, 1.807) is 0 Å². The van der Waals surface area contributed by atoms with Gasteiger partial charge in [0.25, 0.3) is 0 Å². The Morgan fingerprint density at radius 2 is 1.43 bits per heavy atom. The monoisotopic (exact) mass is 222 g/mol. The topological polar surface area (TPSA) is 34.1 Å². The molecule has 0 radical (unpaired) electrons. The molecular formula is C9H12F2O2S. The van der Waals surface area contributed by atoms with Crippen molar-refractivity contribution in [1.29, 1.82) is 0 Å². The van der Waals surface area contributed by atoms with Crippen molar-refractivity contribution >= 4 is 10.6 Å². The van der Waals surface area contributed by atoms with E-state index in [1.165, 1.54) is 5.56 Å². The van der Waals surface area contributed by atoms with E-state index < -0.39 is 10.6 Å². The van der Waals surface area contributed by atoms with E-state index in [0.717, 1.165) is 0 Å². The maximum Gasteiger partial charge on any atom is 0.476 e. The smallest absolute Gasteiger partial charge is 0.160 e. The van der Waals surface area contributed by atoms with Crippen molar-refractivity contribution in [1.82, 2.24) is 0 Å². The summed E-state index contributed by atoms with van der Waals surface area (Å²) in [7, 11) is -5.67. The second kappa shape index (κ2) is 5.70. The molecule has 0 heterocycles. The minimum absolute atomic E-state index is 0.659. The zero-order valence-corrected chi connectivity index (χ0v) is 8.76. The number of hydrogen-bond acceptors (Lipinski definition) is 2. The summed E-state index contributed by atoms with van der Waals surface area (Å²) in [6.45, 7) is 4.41. The van der Waals surface area contributed by atoms with Crippen LogP contribution in [-0.4, -0.2) is 8.42 Å². The standard InChI is InChI=1S/C9H12.F2O2S/c1-8(2)9-6-4-3-5-7-9;1-5(2,3)4/h3-8H,1-2H3;. The van der Waals surface area contributed by atoms with Gasteiger partial charge in [0.2, 0.25) is 0 Å². The highest BCUT2D eigenvalue weighted by atomic mass is 32.3. The van der Waals surface area contributed by atoms with Gasteiger partial charge in [0.15, 0.2) is 0 Å². The number of hydrogen-bond donors (Lipinski definition) is 0. The molecule has 0 aromatic heterocycles. The summed E-state index contributed by atoms with van der Waals surface area (Å²) in [6.07, 6.45) is 0. The van der Waals surface area contributed by atoms with Crippen LogP contribution >= 0.6 is 0 Å². The van der Waals surface area contributed by atoms with Crippen LogP contribution < -0.4 is 0 Å². The normalized spacial score (nSPS) is 10.6. The summed E-state index contributed by atoms with van der Waals surface area (Å²) in [5.74, 6) is 0.659. The van der Waals surface area contributed by atoms with Crippen molar-refractivity contribution in [3.8, 4) is 0 Å². The van der Waals surface area contributed by atoms with Crippen LogP contribution in [0.4, 0.5) is 7.77 Å². The molecule has 0 aliphatic rings. The van der Waals surface area contributed by atoms with Gasteiger partial charge in [-0.1, -0.05) is 52.0 Å². The Morgan fingerprint density at radius 1 is 1.07 bits per heavy atom. The lowest BCUT2D eigenvalue weighted by Gasteiger charge is -2.01. The minimum atomic E-state index is -5.67. The van der Waals surface area contributed by atoms with E-state index >= 15 is 0 Å². The molecule has 0 spiro atoms. The lowest BCUT2D eigenvalue weighted by molar-refractivity contribution is 0.501. The molecule has 0 amide bonds. The maximum absolute atomic E-state index is 9.99. The largest absolute Gasteiger partial charge is 0.476 e. The number of rotatable bonds is 1. The molecule has 80 valence electrons. The van der Waals surface area contributed by atoms with Gasteiger partial charge in [0.1, 0.15) is 0 Å². The number of benzene rings is 1. The van der Waals surface area contributed by atoms with Crippen molar-refractivity contribution in [2.24, 2.45) is 0 Å². The first-order valence-electron chi connectivity index (χ1n) is 4.00. The average Bonchev–Trinajstić information content (AvgIpc) is 2.03. The van der Waals surface area contributed by atoms with Gasteiger partial charge >= 0.3 is 10.6 Å². The Hall–Kier alpha value is -0.970. The summed E-state index contributed by atoms with van der Waals surface area (Å²) < 4.78 is 36.6. The molecule has 0 saturated carbocycles. The Morgan fingerprint density at radius 3 is 1.64 bits per heavy atom. The van der Waals surface area contributed by atoms with Gasteiger partial charge in [-0.3, -0.25) is 0 Å². The number of halogens is 2. The first-order valence-corrected chi connectivity index (χ1v) is 5.28. The Labute approximate surface area is 83.1 Å². The van der Waals surface area contributed by atoms with Gasteiger partial charge in [0, 0.05) is 0 Å². The van der Waals surface area contributed by atoms with Gasteiger partial charge in [-0.15, -0.1) is 0 Å². The van der Waals surface area contributed by atoms with Gasteiger partial charge in [-0.05, 0) is 11.5 Å². The minimum Gasteiger partial charge on any atom is -0.160 e. The van der Waals surface area contributed by atoms with E-state index in [9.17, 15) is 7.77 Å². The summed E-state index contributed by atoms with van der Waals surface area (Å²) in [5.41, 5.74) is 1.41. The summed E-state index contributed by atoms with van der Waals surface area (Å²) in [6, 6.07) is 10.5. The molecule has 1 aromatic carbocycles. The summed E-state index contributed by atoms with van der Waals surface area (Å²) in [4.78, 5) is 0. The lowest BCUT2D eigenvalue weighted by atomic mass is 10.0. The molecule has 14 heavy (non-hydrogen) atoms. The van der Waals surface area contributed by atoms with Crippen molar-refractivity contribution in [3.05, 3.63) is 35.9 Å². The zero-order valence-electron chi connectivity index (χ0n) is 7.94.